The number of hydrogen-bond acceptors (Lipinski definition) is 2. The van der Waals surface area contributed by atoms with Gasteiger partial charge in [-0.15, -0.1) is 0 Å². The minimum absolute atomic E-state index is 0.0210. The standard InChI is InChI=1S/C24H34N4O/c1-6-18(2)28-22(29)20-12-10-11-19(15-20)16-26-23(25-5)27-17-24(3,4)21-13-8-7-9-14-21/h7-15,18H,6,16-17H2,1-5H3,(H,28,29)(H2,25,26,27). The smallest absolute Gasteiger partial charge is 0.251 e. The number of nitrogens with zero attached hydrogens (tertiary/aromatic N) is 1. The molecule has 0 spiro atoms. The van der Waals surface area contributed by atoms with Crippen molar-refractivity contribution in [1.82, 2.24) is 16.0 Å². The van der Waals surface area contributed by atoms with E-state index in [1.165, 1.54) is 5.56 Å². The molecule has 1 unspecified atom stereocenters. The summed E-state index contributed by atoms with van der Waals surface area (Å²) < 4.78 is 0. The first-order valence-electron chi connectivity index (χ1n) is 10.3. The summed E-state index contributed by atoms with van der Waals surface area (Å²) in [6, 6.07) is 18.3. The fraction of sp³-hybridized carbons (Fsp3) is 0.417. The fourth-order valence-electron chi connectivity index (χ4n) is 2.93. The Morgan fingerprint density at radius 1 is 1.07 bits per heavy atom. The van der Waals surface area contributed by atoms with E-state index in [0.29, 0.717) is 12.1 Å². The molecule has 2 aromatic carbocycles. The zero-order chi connectivity index (χ0) is 21.3. The molecule has 0 aromatic heterocycles. The van der Waals surface area contributed by atoms with E-state index >= 15 is 0 Å². The average molecular weight is 395 g/mol. The van der Waals surface area contributed by atoms with E-state index in [-0.39, 0.29) is 17.4 Å². The molecule has 0 fully saturated rings. The maximum atomic E-state index is 12.3. The second kappa shape index (κ2) is 10.6. The topological polar surface area (TPSA) is 65.5 Å². The normalized spacial score (nSPS) is 12.9. The van der Waals surface area contributed by atoms with E-state index in [2.05, 4.69) is 66.0 Å². The first kappa shape index (κ1) is 22.5. The highest BCUT2D eigenvalue weighted by molar-refractivity contribution is 5.94. The van der Waals surface area contributed by atoms with Gasteiger partial charge in [-0.25, -0.2) is 0 Å². The van der Waals surface area contributed by atoms with Crippen molar-refractivity contribution in [2.75, 3.05) is 13.6 Å². The van der Waals surface area contributed by atoms with Crippen molar-refractivity contribution in [2.45, 2.75) is 52.1 Å². The van der Waals surface area contributed by atoms with Gasteiger partial charge in [-0.1, -0.05) is 63.2 Å². The molecule has 2 rings (SSSR count). The lowest BCUT2D eigenvalue weighted by atomic mass is 9.85. The van der Waals surface area contributed by atoms with Crippen LogP contribution < -0.4 is 16.0 Å². The Morgan fingerprint density at radius 2 is 1.79 bits per heavy atom. The quantitative estimate of drug-likeness (QED) is 0.471. The summed E-state index contributed by atoms with van der Waals surface area (Å²) in [5.74, 6) is 0.705. The molecular weight excluding hydrogens is 360 g/mol. The van der Waals surface area contributed by atoms with Crippen LogP contribution in [0.5, 0.6) is 0 Å². The molecule has 0 heterocycles. The van der Waals surface area contributed by atoms with E-state index in [1.807, 2.05) is 37.3 Å². The molecule has 5 heteroatoms. The fourth-order valence-corrected chi connectivity index (χ4v) is 2.93. The molecule has 0 bridgehead atoms. The van der Waals surface area contributed by atoms with Crippen LogP contribution in [0.1, 0.15) is 55.6 Å². The van der Waals surface area contributed by atoms with Gasteiger partial charge in [-0.3, -0.25) is 9.79 Å². The number of rotatable bonds is 8. The number of hydrogen-bond donors (Lipinski definition) is 3. The molecule has 5 nitrogen and oxygen atoms in total. The van der Waals surface area contributed by atoms with Crippen molar-refractivity contribution in [1.29, 1.82) is 0 Å². The lowest BCUT2D eigenvalue weighted by Crippen LogP contribution is -2.43. The second-order valence-electron chi connectivity index (χ2n) is 8.01. The van der Waals surface area contributed by atoms with E-state index in [1.54, 1.807) is 7.05 Å². The zero-order valence-electron chi connectivity index (χ0n) is 18.3. The molecule has 0 aliphatic rings. The van der Waals surface area contributed by atoms with Crippen LogP contribution in [-0.2, 0) is 12.0 Å². The maximum Gasteiger partial charge on any atom is 0.251 e. The van der Waals surface area contributed by atoms with E-state index in [9.17, 15) is 4.79 Å². The van der Waals surface area contributed by atoms with Gasteiger partial charge in [0.1, 0.15) is 0 Å². The summed E-state index contributed by atoms with van der Waals surface area (Å²) in [4.78, 5) is 16.7. The van der Waals surface area contributed by atoms with Gasteiger partial charge in [0.2, 0.25) is 0 Å². The predicted molar refractivity (Wildman–Crippen MR) is 121 cm³/mol. The first-order valence-corrected chi connectivity index (χ1v) is 10.3. The SMILES string of the molecule is CCC(C)NC(=O)c1cccc(CNC(=NC)NCC(C)(C)c2ccccc2)c1. The number of nitrogens with one attached hydrogen (secondary N) is 3. The molecule has 0 saturated carbocycles. The van der Waals surface area contributed by atoms with E-state index in [0.717, 1.165) is 24.5 Å². The van der Waals surface area contributed by atoms with Gasteiger partial charge in [0, 0.05) is 37.2 Å². The monoisotopic (exact) mass is 394 g/mol. The molecular formula is C24H34N4O. The Bertz CT molecular complexity index is 815. The molecule has 0 aliphatic carbocycles. The molecule has 3 N–H and O–H groups in total. The van der Waals surface area contributed by atoms with Crippen LogP contribution in [0.4, 0.5) is 0 Å². The molecule has 1 amide bonds. The third-order valence-corrected chi connectivity index (χ3v) is 5.12. The Labute approximate surface area is 175 Å². The Balaban J connectivity index is 1.92. The summed E-state index contributed by atoms with van der Waals surface area (Å²) in [6.07, 6.45) is 0.911. The number of guanidine groups is 1. The number of benzene rings is 2. The van der Waals surface area contributed by atoms with Gasteiger partial charge in [0.15, 0.2) is 5.96 Å². The van der Waals surface area contributed by atoms with Gasteiger partial charge in [-0.2, -0.15) is 0 Å². The highest BCUT2D eigenvalue weighted by atomic mass is 16.1. The van der Waals surface area contributed by atoms with Gasteiger partial charge in [0.25, 0.3) is 5.91 Å². The minimum Gasteiger partial charge on any atom is -0.356 e. The highest BCUT2D eigenvalue weighted by Gasteiger charge is 2.20. The molecule has 29 heavy (non-hydrogen) atoms. The lowest BCUT2D eigenvalue weighted by Gasteiger charge is -2.26. The van der Waals surface area contributed by atoms with Crippen molar-refractivity contribution < 1.29 is 4.79 Å². The van der Waals surface area contributed by atoms with Crippen LogP contribution in [0.3, 0.4) is 0 Å². The molecule has 0 saturated heterocycles. The van der Waals surface area contributed by atoms with Crippen LogP contribution in [0.15, 0.2) is 59.6 Å². The van der Waals surface area contributed by atoms with Crippen molar-refractivity contribution in [3.63, 3.8) is 0 Å². The third kappa shape index (κ3) is 6.93. The van der Waals surface area contributed by atoms with Crippen LogP contribution in [0.2, 0.25) is 0 Å². The Morgan fingerprint density at radius 3 is 2.45 bits per heavy atom. The summed E-state index contributed by atoms with van der Waals surface area (Å²) >= 11 is 0. The van der Waals surface area contributed by atoms with Crippen LogP contribution in [-0.4, -0.2) is 31.5 Å². The Kier molecular flexibility index (Phi) is 8.25. The summed E-state index contributed by atoms with van der Waals surface area (Å²) in [6.45, 7) is 9.84. The third-order valence-electron chi connectivity index (χ3n) is 5.12. The minimum atomic E-state index is -0.0340. The maximum absolute atomic E-state index is 12.3. The van der Waals surface area contributed by atoms with Crippen LogP contribution in [0.25, 0.3) is 0 Å². The average Bonchev–Trinajstić information content (AvgIpc) is 2.74. The first-order chi connectivity index (χ1) is 13.9. The largest absolute Gasteiger partial charge is 0.356 e. The zero-order valence-corrected chi connectivity index (χ0v) is 18.3. The number of aliphatic imine (C=N–C) groups is 1. The summed E-state index contributed by atoms with van der Waals surface area (Å²) in [5.41, 5.74) is 2.97. The van der Waals surface area contributed by atoms with Gasteiger partial charge < -0.3 is 16.0 Å². The number of amides is 1. The van der Waals surface area contributed by atoms with Crippen molar-refractivity contribution in [3.05, 3.63) is 71.3 Å². The number of carbonyl (C=O) groups excluding carboxylic acids is 1. The lowest BCUT2D eigenvalue weighted by molar-refractivity contribution is 0.0939. The van der Waals surface area contributed by atoms with Gasteiger partial charge in [-0.05, 0) is 36.6 Å². The van der Waals surface area contributed by atoms with Crippen molar-refractivity contribution in [3.8, 4) is 0 Å². The van der Waals surface area contributed by atoms with Crippen LogP contribution >= 0.6 is 0 Å². The van der Waals surface area contributed by atoms with Crippen molar-refractivity contribution >= 4 is 11.9 Å². The second-order valence-corrected chi connectivity index (χ2v) is 8.01. The molecule has 0 radical (unpaired) electrons. The van der Waals surface area contributed by atoms with E-state index < -0.39 is 0 Å². The summed E-state index contributed by atoms with van der Waals surface area (Å²) in [7, 11) is 1.76. The van der Waals surface area contributed by atoms with Crippen molar-refractivity contribution in [2.24, 2.45) is 4.99 Å². The van der Waals surface area contributed by atoms with Gasteiger partial charge in [0.05, 0.1) is 0 Å². The molecule has 0 aliphatic heterocycles. The van der Waals surface area contributed by atoms with E-state index in [4.69, 9.17) is 0 Å². The summed E-state index contributed by atoms with van der Waals surface area (Å²) in [5, 5.41) is 9.75. The molecule has 1 atom stereocenters. The Hall–Kier alpha value is -2.82. The molecule has 156 valence electrons. The van der Waals surface area contributed by atoms with Gasteiger partial charge >= 0.3 is 0 Å². The van der Waals surface area contributed by atoms with Crippen LogP contribution in [0, 0.1) is 0 Å². The highest BCUT2D eigenvalue weighted by Crippen LogP contribution is 2.21. The molecule has 2 aromatic rings. The number of carbonyl (C=O) groups is 1. The predicted octanol–water partition coefficient (Wildman–Crippen LogP) is 3.86.